The average molecular weight is 336 g/mol. The van der Waals surface area contributed by atoms with Crippen molar-refractivity contribution in [1.29, 1.82) is 0 Å². The van der Waals surface area contributed by atoms with Crippen LogP contribution in [0.5, 0.6) is 0 Å². The van der Waals surface area contributed by atoms with E-state index in [1.165, 1.54) is 9.38 Å². The van der Waals surface area contributed by atoms with Crippen molar-refractivity contribution >= 4 is 32.3 Å². The van der Waals surface area contributed by atoms with Crippen LogP contribution in [0.15, 0.2) is 59.5 Å². The number of rotatable bonds is 4. The molecular formula is C18H16N4OS. The first kappa shape index (κ1) is 15.0. The molecule has 2 heterocycles. The van der Waals surface area contributed by atoms with Gasteiger partial charge in [0.2, 0.25) is 0 Å². The van der Waals surface area contributed by atoms with E-state index in [1.54, 1.807) is 17.5 Å². The molecule has 0 bridgehead atoms. The van der Waals surface area contributed by atoms with Crippen LogP contribution in [0.4, 0.5) is 0 Å². The van der Waals surface area contributed by atoms with Gasteiger partial charge in [-0.05, 0) is 25.2 Å². The molecule has 0 radical (unpaired) electrons. The fourth-order valence-corrected chi connectivity index (χ4v) is 3.77. The molecule has 0 spiro atoms. The maximum absolute atomic E-state index is 12.5. The average Bonchev–Trinajstić information content (AvgIpc) is 2.99. The van der Waals surface area contributed by atoms with Gasteiger partial charge in [-0.3, -0.25) is 9.69 Å². The first-order valence-electron chi connectivity index (χ1n) is 7.68. The van der Waals surface area contributed by atoms with Crippen molar-refractivity contribution in [2.24, 2.45) is 0 Å². The number of hydrogen-bond donors (Lipinski definition) is 0. The number of nitrogens with zero attached hydrogens (tertiary/aromatic N) is 4. The standard InChI is InChI=1S/C18H16N4OS/c1-21(11-17-20-15-8-4-5-9-16(15)24-17)12-22-18(23)14-7-3-2-6-13(14)10-19-22/h2-10H,11-12H2,1H3. The highest BCUT2D eigenvalue weighted by molar-refractivity contribution is 7.18. The van der Waals surface area contributed by atoms with Gasteiger partial charge in [0.1, 0.15) is 5.01 Å². The number of benzene rings is 2. The molecule has 0 aliphatic heterocycles. The fraction of sp³-hybridized carbons (Fsp3) is 0.167. The van der Waals surface area contributed by atoms with Gasteiger partial charge in [-0.25, -0.2) is 9.67 Å². The van der Waals surface area contributed by atoms with Gasteiger partial charge in [0.25, 0.3) is 5.56 Å². The van der Waals surface area contributed by atoms with Gasteiger partial charge in [-0.15, -0.1) is 11.3 Å². The first-order valence-corrected chi connectivity index (χ1v) is 8.50. The van der Waals surface area contributed by atoms with Crippen LogP contribution in [0.3, 0.4) is 0 Å². The Labute approximate surface area is 142 Å². The molecule has 0 amide bonds. The number of thiazole rings is 1. The van der Waals surface area contributed by atoms with Crippen molar-refractivity contribution in [3.8, 4) is 0 Å². The summed E-state index contributed by atoms with van der Waals surface area (Å²) in [4.78, 5) is 19.2. The highest BCUT2D eigenvalue weighted by Gasteiger charge is 2.09. The Morgan fingerprint density at radius 2 is 1.92 bits per heavy atom. The van der Waals surface area contributed by atoms with E-state index in [0.29, 0.717) is 18.6 Å². The van der Waals surface area contributed by atoms with Gasteiger partial charge in [-0.2, -0.15) is 5.10 Å². The molecule has 0 saturated carbocycles. The number of para-hydroxylation sites is 1. The van der Waals surface area contributed by atoms with Crippen molar-refractivity contribution in [1.82, 2.24) is 19.7 Å². The Balaban J connectivity index is 1.56. The largest absolute Gasteiger partial charge is 0.281 e. The van der Waals surface area contributed by atoms with Crippen LogP contribution < -0.4 is 5.56 Å². The van der Waals surface area contributed by atoms with E-state index in [0.717, 1.165) is 15.9 Å². The van der Waals surface area contributed by atoms with Crippen LogP contribution >= 0.6 is 11.3 Å². The summed E-state index contributed by atoms with van der Waals surface area (Å²) in [6, 6.07) is 15.6. The topological polar surface area (TPSA) is 51.0 Å². The van der Waals surface area contributed by atoms with Crippen LogP contribution in [-0.2, 0) is 13.2 Å². The van der Waals surface area contributed by atoms with E-state index >= 15 is 0 Å². The predicted octanol–water partition coefficient (Wildman–Crippen LogP) is 3.10. The lowest BCUT2D eigenvalue weighted by molar-refractivity contribution is 0.241. The number of hydrogen-bond acceptors (Lipinski definition) is 5. The van der Waals surface area contributed by atoms with Crippen LogP contribution in [0.2, 0.25) is 0 Å². The number of fused-ring (bicyclic) bond motifs is 2. The lowest BCUT2D eigenvalue weighted by Gasteiger charge is -2.16. The third-order valence-corrected chi connectivity index (χ3v) is 4.90. The Morgan fingerprint density at radius 1 is 1.12 bits per heavy atom. The lowest BCUT2D eigenvalue weighted by Crippen LogP contribution is -2.31. The predicted molar refractivity (Wildman–Crippen MR) is 97.1 cm³/mol. The maximum Gasteiger partial charge on any atom is 0.275 e. The summed E-state index contributed by atoms with van der Waals surface area (Å²) in [5.74, 6) is 0. The second-order valence-corrected chi connectivity index (χ2v) is 6.88. The zero-order chi connectivity index (χ0) is 16.5. The molecular weight excluding hydrogens is 320 g/mol. The Hall–Kier alpha value is -2.57. The zero-order valence-corrected chi connectivity index (χ0v) is 14.0. The van der Waals surface area contributed by atoms with Gasteiger partial charge in [-0.1, -0.05) is 30.3 Å². The van der Waals surface area contributed by atoms with Gasteiger partial charge < -0.3 is 0 Å². The van der Waals surface area contributed by atoms with E-state index in [2.05, 4.69) is 16.1 Å². The molecule has 0 aliphatic carbocycles. The maximum atomic E-state index is 12.5. The van der Waals surface area contributed by atoms with Crippen LogP contribution in [0, 0.1) is 0 Å². The third kappa shape index (κ3) is 2.81. The summed E-state index contributed by atoms with van der Waals surface area (Å²) < 4.78 is 2.68. The van der Waals surface area contributed by atoms with E-state index in [4.69, 9.17) is 0 Å². The minimum atomic E-state index is -0.0655. The van der Waals surface area contributed by atoms with Gasteiger partial charge >= 0.3 is 0 Å². The molecule has 0 saturated heterocycles. The third-order valence-electron chi connectivity index (χ3n) is 3.88. The zero-order valence-electron chi connectivity index (χ0n) is 13.2. The summed E-state index contributed by atoms with van der Waals surface area (Å²) in [5.41, 5.74) is 0.955. The van der Waals surface area contributed by atoms with Gasteiger partial charge in [0.15, 0.2) is 0 Å². The summed E-state index contributed by atoms with van der Waals surface area (Å²) in [5, 5.41) is 6.87. The monoisotopic (exact) mass is 336 g/mol. The molecule has 120 valence electrons. The van der Waals surface area contributed by atoms with Crippen molar-refractivity contribution in [3.63, 3.8) is 0 Å². The van der Waals surface area contributed by atoms with Gasteiger partial charge in [0, 0.05) is 5.39 Å². The van der Waals surface area contributed by atoms with Crippen molar-refractivity contribution in [2.45, 2.75) is 13.2 Å². The van der Waals surface area contributed by atoms with E-state index < -0.39 is 0 Å². The summed E-state index contributed by atoms with van der Waals surface area (Å²) in [6.45, 7) is 1.11. The van der Waals surface area contributed by atoms with Crippen molar-refractivity contribution < 1.29 is 0 Å². The van der Waals surface area contributed by atoms with Crippen LogP contribution in [0.1, 0.15) is 5.01 Å². The first-order chi connectivity index (χ1) is 11.7. The quantitative estimate of drug-likeness (QED) is 0.575. The van der Waals surface area contributed by atoms with Crippen molar-refractivity contribution in [2.75, 3.05) is 7.05 Å². The normalized spacial score (nSPS) is 11.6. The van der Waals surface area contributed by atoms with Crippen LogP contribution in [-0.4, -0.2) is 26.7 Å². The second-order valence-electron chi connectivity index (χ2n) is 5.77. The molecule has 2 aromatic heterocycles. The molecule has 6 heteroatoms. The number of aromatic nitrogens is 3. The molecule has 2 aromatic carbocycles. The molecule has 4 aromatic rings. The molecule has 0 atom stereocenters. The Kier molecular flexibility index (Phi) is 3.84. The molecule has 24 heavy (non-hydrogen) atoms. The second kappa shape index (κ2) is 6.14. The molecule has 0 fully saturated rings. The fourth-order valence-electron chi connectivity index (χ4n) is 2.73. The minimum absolute atomic E-state index is 0.0655. The molecule has 5 nitrogen and oxygen atoms in total. The molecule has 4 rings (SSSR count). The SMILES string of the molecule is CN(Cc1nc2ccccc2s1)Cn1ncc2ccccc2c1=O. The minimum Gasteiger partial charge on any atom is -0.281 e. The summed E-state index contributed by atoms with van der Waals surface area (Å²) >= 11 is 1.68. The summed E-state index contributed by atoms with van der Waals surface area (Å²) in [7, 11) is 1.97. The molecule has 0 aliphatic rings. The smallest absolute Gasteiger partial charge is 0.275 e. The lowest BCUT2D eigenvalue weighted by atomic mass is 10.2. The van der Waals surface area contributed by atoms with Crippen LogP contribution in [0.25, 0.3) is 21.0 Å². The van der Waals surface area contributed by atoms with E-state index in [-0.39, 0.29) is 5.56 Å². The highest BCUT2D eigenvalue weighted by atomic mass is 32.1. The molecule has 0 unspecified atom stereocenters. The van der Waals surface area contributed by atoms with Crippen molar-refractivity contribution in [3.05, 3.63) is 70.1 Å². The van der Waals surface area contributed by atoms with E-state index in [1.807, 2.05) is 54.4 Å². The van der Waals surface area contributed by atoms with Gasteiger partial charge in [0.05, 0.1) is 35.0 Å². The van der Waals surface area contributed by atoms with E-state index in [9.17, 15) is 4.79 Å². The molecule has 0 N–H and O–H groups in total. The highest BCUT2D eigenvalue weighted by Crippen LogP contribution is 2.22. The summed E-state index contributed by atoms with van der Waals surface area (Å²) in [6.07, 6.45) is 1.74. The Bertz CT molecular complexity index is 1040. The Morgan fingerprint density at radius 3 is 2.79 bits per heavy atom.